The molecule has 0 N–H and O–H groups in total. The molecule has 0 spiro atoms. The highest BCUT2D eigenvalue weighted by Crippen LogP contribution is 2.20. The summed E-state index contributed by atoms with van der Waals surface area (Å²) in [6.45, 7) is 0. The minimum Gasteiger partial charge on any atom is -0.288 e. The van der Waals surface area contributed by atoms with Gasteiger partial charge in [-0.25, -0.2) is 0 Å². The van der Waals surface area contributed by atoms with Crippen LogP contribution in [0.15, 0.2) is 84.9 Å². The minimum absolute atomic E-state index is 0.108. The summed E-state index contributed by atoms with van der Waals surface area (Å²) >= 11 is 5.34. The summed E-state index contributed by atoms with van der Waals surface area (Å²) in [5.41, 5.74) is 3.66. The van der Waals surface area contributed by atoms with Crippen LogP contribution < -0.4 is 0 Å². The normalized spacial score (nSPS) is 10.2. The first-order valence-corrected chi connectivity index (χ1v) is 7.46. The zero-order valence-electron chi connectivity index (χ0n) is 11.9. The van der Waals surface area contributed by atoms with Gasteiger partial charge in [0.25, 0.3) is 0 Å². The average molecular weight is 302 g/mol. The van der Waals surface area contributed by atoms with Gasteiger partial charge in [-0.2, -0.15) is 0 Å². The van der Waals surface area contributed by atoms with E-state index in [-0.39, 0.29) is 5.78 Å². The molecule has 0 atom stereocenters. The predicted molar refractivity (Wildman–Crippen MR) is 94.4 cm³/mol. The van der Waals surface area contributed by atoms with Gasteiger partial charge in [0.1, 0.15) is 0 Å². The predicted octanol–water partition coefficient (Wildman–Crippen LogP) is 4.95. The van der Waals surface area contributed by atoms with Crippen molar-refractivity contribution >= 4 is 22.9 Å². The van der Waals surface area contributed by atoms with E-state index in [1.165, 1.54) is 0 Å². The maximum absolute atomic E-state index is 12.4. The van der Waals surface area contributed by atoms with Crippen molar-refractivity contribution in [2.45, 2.75) is 0 Å². The van der Waals surface area contributed by atoms with Gasteiger partial charge < -0.3 is 0 Å². The van der Waals surface area contributed by atoms with Crippen LogP contribution in [0.25, 0.3) is 11.1 Å². The van der Waals surface area contributed by atoms with Gasteiger partial charge in [0.2, 0.25) is 5.78 Å². The van der Waals surface area contributed by atoms with Crippen molar-refractivity contribution in [2.24, 2.45) is 0 Å². The number of ketones is 1. The molecule has 0 fully saturated rings. The third kappa shape index (κ3) is 3.02. The van der Waals surface area contributed by atoms with Gasteiger partial charge in [0.15, 0.2) is 0 Å². The van der Waals surface area contributed by atoms with Gasteiger partial charge in [-0.1, -0.05) is 97.1 Å². The quantitative estimate of drug-likeness (QED) is 0.501. The van der Waals surface area contributed by atoms with Crippen LogP contribution in [0.5, 0.6) is 0 Å². The summed E-state index contributed by atoms with van der Waals surface area (Å²) in [5.74, 6) is -0.108. The molecule has 0 aliphatic rings. The number of benzene rings is 3. The Balaban J connectivity index is 1.84. The Bertz CT molecular complexity index is 790. The van der Waals surface area contributed by atoms with Crippen LogP contribution in [-0.2, 0) is 0 Å². The van der Waals surface area contributed by atoms with Gasteiger partial charge in [-0.05, 0) is 16.7 Å². The van der Waals surface area contributed by atoms with Crippen LogP contribution in [0.1, 0.15) is 15.9 Å². The molecule has 0 saturated carbocycles. The van der Waals surface area contributed by atoms with E-state index < -0.39 is 0 Å². The van der Waals surface area contributed by atoms with E-state index in [1.54, 1.807) is 12.1 Å². The van der Waals surface area contributed by atoms with Gasteiger partial charge in [-0.3, -0.25) is 4.79 Å². The number of carbonyl (C=O) groups is 1. The van der Waals surface area contributed by atoms with Crippen LogP contribution >= 0.6 is 12.2 Å². The molecule has 0 heterocycles. The van der Waals surface area contributed by atoms with Crippen LogP contribution in [0.2, 0.25) is 0 Å². The fourth-order valence-electron chi connectivity index (χ4n) is 2.30. The fraction of sp³-hybridized carbons (Fsp3) is 0. The highest BCUT2D eigenvalue weighted by atomic mass is 32.1. The highest BCUT2D eigenvalue weighted by Gasteiger charge is 2.13. The summed E-state index contributed by atoms with van der Waals surface area (Å²) in [6.07, 6.45) is 0. The summed E-state index contributed by atoms with van der Waals surface area (Å²) in [4.78, 5) is 12.7. The summed E-state index contributed by atoms with van der Waals surface area (Å²) < 4.78 is 0. The van der Waals surface area contributed by atoms with Crippen molar-refractivity contribution in [1.82, 2.24) is 0 Å². The van der Waals surface area contributed by atoms with E-state index in [1.807, 2.05) is 60.7 Å². The molecule has 0 aromatic heterocycles. The lowest BCUT2D eigenvalue weighted by atomic mass is 9.99. The molecule has 2 heteroatoms. The molecule has 0 saturated heterocycles. The molecule has 0 aliphatic carbocycles. The first-order chi connectivity index (χ1) is 10.8. The van der Waals surface area contributed by atoms with E-state index in [0.29, 0.717) is 10.4 Å². The van der Waals surface area contributed by atoms with Crippen molar-refractivity contribution < 1.29 is 4.79 Å². The SMILES string of the molecule is O=C(C(=S)c1ccc(-c2ccccc2)cc1)c1ccccc1. The van der Waals surface area contributed by atoms with E-state index in [9.17, 15) is 4.79 Å². The maximum atomic E-state index is 12.4. The fourth-order valence-corrected chi connectivity index (χ4v) is 2.55. The molecule has 106 valence electrons. The second-order valence-electron chi connectivity index (χ2n) is 4.97. The monoisotopic (exact) mass is 302 g/mol. The largest absolute Gasteiger partial charge is 0.288 e. The van der Waals surface area contributed by atoms with Crippen molar-refractivity contribution in [3.63, 3.8) is 0 Å². The molecule has 0 aliphatic heterocycles. The number of carbonyl (C=O) groups excluding carboxylic acids is 1. The van der Waals surface area contributed by atoms with Crippen molar-refractivity contribution in [1.29, 1.82) is 0 Å². The summed E-state index contributed by atoms with van der Waals surface area (Å²) in [7, 11) is 0. The van der Waals surface area contributed by atoms with Crippen LogP contribution in [0, 0.1) is 0 Å². The highest BCUT2D eigenvalue weighted by molar-refractivity contribution is 7.82. The second-order valence-corrected chi connectivity index (χ2v) is 5.38. The minimum atomic E-state index is -0.108. The molecule has 0 bridgehead atoms. The molecular formula is C20H14OS. The van der Waals surface area contributed by atoms with E-state index in [0.717, 1.165) is 16.7 Å². The first kappa shape index (κ1) is 14.4. The lowest BCUT2D eigenvalue weighted by Crippen LogP contribution is -2.12. The first-order valence-electron chi connectivity index (χ1n) is 7.05. The third-order valence-corrected chi connectivity index (χ3v) is 3.92. The molecule has 3 rings (SSSR count). The van der Waals surface area contributed by atoms with Gasteiger partial charge in [0, 0.05) is 5.56 Å². The third-order valence-electron chi connectivity index (χ3n) is 3.50. The topological polar surface area (TPSA) is 17.1 Å². The number of hydrogen-bond donors (Lipinski definition) is 0. The molecule has 0 amide bonds. The van der Waals surface area contributed by atoms with E-state index in [4.69, 9.17) is 12.2 Å². The zero-order chi connectivity index (χ0) is 15.4. The van der Waals surface area contributed by atoms with Gasteiger partial charge in [-0.15, -0.1) is 0 Å². The molecule has 3 aromatic rings. The molecule has 0 radical (unpaired) electrons. The van der Waals surface area contributed by atoms with E-state index in [2.05, 4.69) is 12.1 Å². The molecule has 0 unspecified atom stereocenters. The van der Waals surface area contributed by atoms with Crippen molar-refractivity contribution in [2.75, 3.05) is 0 Å². The Kier molecular flexibility index (Phi) is 4.22. The Morgan fingerprint density at radius 1 is 0.591 bits per heavy atom. The van der Waals surface area contributed by atoms with E-state index >= 15 is 0 Å². The Morgan fingerprint density at radius 3 is 1.68 bits per heavy atom. The summed E-state index contributed by atoms with van der Waals surface area (Å²) in [5, 5.41) is 0. The molecular weight excluding hydrogens is 288 g/mol. The molecule has 22 heavy (non-hydrogen) atoms. The Hall–Kier alpha value is -2.58. The summed E-state index contributed by atoms with van der Waals surface area (Å²) in [6, 6.07) is 27.1. The number of thiocarbonyl (C=S) groups is 1. The zero-order valence-corrected chi connectivity index (χ0v) is 12.7. The standard InChI is InChI=1S/C20H14OS/c21-19(17-9-5-2-6-10-17)20(22)18-13-11-16(12-14-18)15-7-3-1-4-8-15/h1-14H. The number of rotatable bonds is 4. The number of hydrogen-bond acceptors (Lipinski definition) is 2. The molecule has 1 nitrogen and oxygen atoms in total. The Morgan fingerprint density at radius 2 is 1.09 bits per heavy atom. The second kappa shape index (κ2) is 6.46. The maximum Gasteiger partial charge on any atom is 0.204 e. The van der Waals surface area contributed by atoms with Crippen molar-refractivity contribution in [3.05, 3.63) is 96.1 Å². The number of Topliss-reactive ketones (excluding diaryl/α,β-unsaturated/α-hetero) is 1. The lowest BCUT2D eigenvalue weighted by molar-refractivity contribution is 0.106. The van der Waals surface area contributed by atoms with Crippen molar-refractivity contribution in [3.8, 4) is 11.1 Å². The average Bonchev–Trinajstić information content (AvgIpc) is 2.62. The molecule has 3 aromatic carbocycles. The van der Waals surface area contributed by atoms with Crippen LogP contribution in [0.3, 0.4) is 0 Å². The van der Waals surface area contributed by atoms with Crippen LogP contribution in [-0.4, -0.2) is 10.6 Å². The smallest absolute Gasteiger partial charge is 0.204 e. The van der Waals surface area contributed by atoms with Gasteiger partial charge in [0.05, 0.1) is 4.86 Å². The van der Waals surface area contributed by atoms with Crippen LogP contribution in [0.4, 0.5) is 0 Å². The lowest BCUT2D eigenvalue weighted by Gasteiger charge is -2.06. The Labute approximate surface area is 135 Å². The van der Waals surface area contributed by atoms with Gasteiger partial charge >= 0.3 is 0 Å².